The van der Waals surface area contributed by atoms with Gasteiger partial charge in [0.1, 0.15) is 5.37 Å². The molecule has 0 aromatic heterocycles. The second-order valence-corrected chi connectivity index (χ2v) is 9.22. The van der Waals surface area contributed by atoms with Crippen LogP contribution in [0, 0.1) is 0 Å². The van der Waals surface area contributed by atoms with Crippen molar-refractivity contribution in [1.82, 2.24) is 4.90 Å². The van der Waals surface area contributed by atoms with Crippen LogP contribution in [0.4, 0.5) is 0 Å². The molecule has 1 saturated heterocycles. The molecule has 4 nitrogen and oxygen atoms in total. The van der Waals surface area contributed by atoms with Gasteiger partial charge in [0.2, 0.25) is 0 Å². The molecule has 1 fully saturated rings. The molecular formula is C12H13BrClNO3S2. The van der Waals surface area contributed by atoms with Crippen molar-refractivity contribution in [3.8, 4) is 0 Å². The highest BCUT2D eigenvalue weighted by molar-refractivity contribution is 9.10. The Kier molecular flexibility index (Phi) is 5.05. The summed E-state index contributed by atoms with van der Waals surface area (Å²) in [5, 5.41) is -0.337. The number of carbonyl (C=O) groups excluding carboxylic acids is 1. The topological polar surface area (TPSA) is 54.5 Å². The van der Waals surface area contributed by atoms with Crippen LogP contribution in [-0.2, 0) is 9.84 Å². The predicted octanol–water partition coefficient (Wildman–Crippen LogP) is 2.66. The molecule has 1 aromatic rings. The Morgan fingerprint density at radius 2 is 2.15 bits per heavy atom. The first-order valence-electron chi connectivity index (χ1n) is 5.83. The molecule has 0 radical (unpaired) electrons. The summed E-state index contributed by atoms with van der Waals surface area (Å²) < 4.78 is 24.3. The van der Waals surface area contributed by atoms with E-state index in [1.807, 2.05) is 0 Å². The zero-order valence-corrected chi connectivity index (χ0v) is 14.7. The molecule has 0 bridgehead atoms. The highest BCUT2D eigenvalue weighted by Gasteiger charge is 2.34. The van der Waals surface area contributed by atoms with Crippen LogP contribution >= 0.6 is 39.3 Å². The average molecular weight is 399 g/mol. The van der Waals surface area contributed by atoms with Crippen LogP contribution < -0.4 is 0 Å². The summed E-state index contributed by atoms with van der Waals surface area (Å²) in [5.74, 6) is 0.843. The van der Waals surface area contributed by atoms with Crippen LogP contribution in [0.5, 0.6) is 0 Å². The van der Waals surface area contributed by atoms with Crippen LogP contribution in [0.2, 0.25) is 5.02 Å². The van der Waals surface area contributed by atoms with E-state index in [-0.39, 0.29) is 5.91 Å². The van der Waals surface area contributed by atoms with Gasteiger partial charge in [0.15, 0.2) is 9.84 Å². The lowest BCUT2D eigenvalue weighted by Crippen LogP contribution is -2.49. The van der Waals surface area contributed by atoms with Crippen LogP contribution in [0.25, 0.3) is 0 Å². The van der Waals surface area contributed by atoms with E-state index in [1.165, 1.54) is 4.90 Å². The molecule has 0 spiro atoms. The van der Waals surface area contributed by atoms with E-state index in [2.05, 4.69) is 15.9 Å². The van der Waals surface area contributed by atoms with Gasteiger partial charge in [0.05, 0.1) is 0 Å². The van der Waals surface area contributed by atoms with E-state index in [9.17, 15) is 13.2 Å². The quantitative estimate of drug-likeness (QED) is 0.768. The molecule has 8 heteroatoms. The average Bonchev–Trinajstić information content (AvgIpc) is 2.35. The van der Waals surface area contributed by atoms with Gasteiger partial charge >= 0.3 is 0 Å². The summed E-state index contributed by atoms with van der Waals surface area (Å²) in [4.78, 5) is 14.0. The Labute approximate surface area is 135 Å². The van der Waals surface area contributed by atoms with Crippen molar-refractivity contribution in [3.63, 3.8) is 0 Å². The number of halogens is 2. The molecule has 0 aliphatic carbocycles. The van der Waals surface area contributed by atoms with E-state index in [0.29, 0.717) is 27.4 Å². The van der Waals surface area contributed by atoms with Gasteiger partial charge in [0.25, 0.3) is 5.91 Å². The summed E-state index contributed by atoms with van der Waals surface area (Å²) in [6.45, 7) is 0.422. The van der Waals surface area contributed by atoms with E-state index in [0.717, 1.165) is 12.0 Å². The Balaban J connectivity index is 2.35. The first-order chi connectivity index (χ1) is 9.29. The van der Waals surface area contributed by atoms with E-state index >= 15 is 0 Å². The van der Waals surface area contributed by atoms with Crippen molar-refractivity contribution in [2.24, 2.45) is 0 Å². The Hall–Kier alpha value is -0.240. The molecule has 1 unspecified atom stereocenters. The third-order valence-corrected chi connectivity index (χ3v) is 6.27. The minimum atomic E-state index is -3.31. The number of thioether (sulfide) groups is 1. The van der Waals surface area contributed by atoms with Crippen molar-refractivity contribution in [2.75, 3.05) is 24.3 Å². The van der Waals surface area contributed by atoms with E-state index in [4.69, 9.17) is 11.6 Å². The van der Waals surface area contributed by atoms with E-state index < -0.39 is 15.2 Å². The first-order valence-corrected chi connectivity index (χ1v) is 10.1. The number of hydrogen-bond donors (Lipinski definition) is 0. The molecule has 0 saturated carbocycles. The van der Waals surface area contributed by atoms with Gasteiger partial charge in [-0.15, -0.1) is 0 Å². The normalized spacial score (nSPS) is 19.9. The molecule has 110 valence electrons. The largest absolute Gasteiger partial charge is 0.320 e. The van der Waals surface area contributed by atoms with Crippen molar-refractivity contribution in [3.05, 3.63) is 33.3 Å². The molecule has 20 heavy (non-hydrogen) atoms. The van der Waals surface area contributed by atoms with Gasteiger partial charge in [0, 0.05) is 39.4 Å². The van der Waals surface area contributed by atoms with Gasteiger partial charge in [-0.25, -0.2) is 8.42 Å². The van der Waals surface area contributed by atoms with Crippen LogP contribution in [0.15, 0.2) is 22.7 Å². The zero-order valence-electron chi connectivity index (χ0n) is 10.7. The lowest BCUT2D eigenvalue weighted by Gasteiger charge is -2.34. The van der Waals surface area contributed by atoms with Crippen molar-refractivity contribution < 1.29 is 13.2 Å². The minimum absolute atomic E-state index is 0.302. The maximum absolute atomic E-state index is 12.5. The van der Waals surface area contributed by atoms with Gasteiger partial charge in [-0.05, 0) is 18.2 Å². The molecule has 0 N–H and O–H groups in total. The molecule has 1 amide bonds. The highest BCUT2D eigenvalue weighted by atomic mass is 79.9. The molecule has 1 aliphatic rings. The Bertz CT molecular complexity index is 615. The van der Waals surface area contributed by atoms with Crippen LogP contribution in [-0.4, -0.2) is 48.9 Å². The van der Waals surface area contributed by atoms with Crippen molar-refractivity contribution in [2.45, 2.75) is 5.37 Å². The van der Waals surface area contributed by atoms with Crippen LogP contribution in [0.3, 0.4) is 0 Å². The summed E-state index contributed by atoms with van der Waals surface area (Å²) in [5.41, 5.74) is 0.393. The number of amides is 1. The summed E-state index contributed by atoms with van der Waals surface area (Å²) in [7, 11) is -3.31. The summed E-state index contributed by atoms with van der Waals surface area (Å²) in [6.07, 6.45) is 1.16. The third-order valence-electron chi connectivity index (χ3n) is 2.95. The second kappa shape index (κ2) is 6.25. The van der Waals surface area contributed by atoms with E-state index in [1.54, 1.807) is 30.0 Å². The number of nitrogens with zero attached hydrogens (tertiary/aromatic N) is 1. The molecule has 1 atom stereocenters. The fourth-order valence-corrected chi connectivity index (χ4v) is 5.69. The molecule has 1 heterocycles. The lowest BCUT2D eigenvalue weighted by atomic mass is 10.2. The molecule has 1 aromatic carbocycles. The predicted molar refractivity (Wildman–Crippen MR) is 86.1 cm³/mol. The smallest absolute Gasteiger partial charge is 0.255 e. The maximum Gasteiger partial charge on any atom is 0.255 e. The maximum atomic E-state index is 12.5. The lowest BCUT2D eigenvalue weighted by molar-refractivity contribution is 0.0749. The minimum Gasteiger partial charge on any atom is -0.320 e. The summed E-state index contributed by atoms with van der Waals surface area (Å²) >= 11 is 10.8. The molecule has 2 rings (SSSR count). The zero-order chi connectivity index (χ0) is 14.9. The monoisotopic (exact) mass is 397 g/mol. The van der Waals surface area contributed by atoms with Gasteiger partial charge < -0.3 is 4.90 Å². The third kappa shape index (κ3) is 3.69. The van der Waals surface area contributed by atoms with Crippen molar-refractivity contribution >= 4 is 55.0 Å². The number of benzene rings is 1. The number of rotatable bonds is 2. The summed E-state index contributed by atoms with van der Waals surface area (Å²) in [6, 6.07) is 4.88. The first kappa shape index (κ1) is 16.1. The highest BCUT2D eigenvalue weighted by Crippen LogP contribution is 2.25. The van der Waals surface area contributed by atoms with Crippen molar-refractivity contribution in [1.29, 1.82) is 0 Å². The number of sulfone groups is 1. The fourth-order valence-electron chi connectivity index (χ4n) is 2.01. The Morgan fingerprint density at radius 1 is 1.45 bits per heavy atom. The van der Waals surface area contributed by atoms with Gasteiger partial charge in [-0.1, -0.05) is 27.5 Å². The second-order valence-electron chi connectivity index (χ2n) is 4.52. The Morgan fingerprint density at radius 3 is 2.75 bits per heavy atom. The van der Waals surface area contributed by atoms with Crippen LogP contribution in [0.1, 0.15) is 10.4 Å². The molecule has 1 aliphatic heterocycles. The number of hydrogen-bond acceptors (Lipinski definition) is 4. The van der Waals surface area contributed by atoms with Gasteiger partial charge in [-0.2, -0.15) is 11.8 Å². The number of carbonyl (C=O) groups is 1. The standard InChI is InChI=1S/C12H13BrClNO3S2/c1-20(17,18)11-7-19-3-2-15(11)12(16)8-4-9(13)6-10(14)5-8/h4-6,11H,2-3,7H2,1H3. The fraction of sp³-hybridized carbons (Fsp3) is 0.417. The molecular weight excluding hydrogens is 386 g/mol. The van der Waals surface area contributed by atoms with Gasteiger partial charge in [-0.3, -0.25) is 4.79 Å². The SMILES string of the molecule is CS(=O)(=O)C1CSCCN1C(=O)c1cc(Cl)cc(Br)c1.